The summed E-state index contributed by atoms with van der Waals surface area (Å²) in [7, 11) is 0. The first-order valence-corrected chi connectivity index (χ1v) is 4.30. The van der Waals surface area contributed by atoms with Crippen LogP contribution < -0.4 is 0 Å². The molecule has 0 aliphatic rings. The minimum absolute atomic E-state index is 0.104. The summed E-state index contributed by atoms with van der Waals surface area (Å²) in [5, 5.41) is 8.47. The Bertz CT molecular complexity index is 328. The van der Waals surface area contributed by atoms with Gasteiger partial charge in [-0.05, 0) is 34.0 Å². The Balaban J connectivity index is 3.24. The van der Waals surface area contributed by atoms with E-state index in [-0.39, 0.29) is 18.6 Å². The van der Waals surface area contributed by atoms with Crippen molar-refractivity contribution in [1.82, 2.24) is 0 Å². The molecule has 1 aromatic rings. The molecule has 0 aliphatic carbocycles. The highest BCUT2D eigenvalue weighted by Crippen LogP contribution is 2.24. The summed E-state index contributed by atoms with van der Waals surface area (Å²) < 4.78 is 38.1. The van der Waals surface area contributed by atoms with Gasteiger partial charge in [0.15, 0.2) is 11.6 Å². The van der Waals surface area contributed by atoms with Gasteiger partial charge in [-0.2, -0.15) is 0 Å². The van der Waals surface area contributed by atoms with Crippen LogP contribution in [0.1, 0.15) is 5.56 Å². The van der Waals surface area contributed by atoms with Gasteiger partial charge in [0, 0.05) is 6.61 Å². The molecule has 0 atom stereocenters. The van der Waals surface area contributed by atoms with Gasteiger partial charge in [-0.15, -0.1) is 0 Å². The molecule has 0 saturated heterocycles. The monoisotopic (exact) mass is 254 g/mol. The second-order valence-corrected chi connectivity index (χ2v) is 3.23. The molecule has 0 unspecified atom stereocenters. The van der Waals surface area contributed by atoms with Crippen LogP contribution in [0.3, 0.4) is 0 Å². The Kier molecular flexibility index (Phi) is 3.33. The molecule has 0 aromatic heterocycles. The van der Waals surface area contributed by atoms with Crippen molar-refractivity contribution in [2.24, 2.45) is 0 Å². The van der Waals surface area contributed by atoms with Gasteiger partial charge in [0.25, 0.3) is 0 Å². The van der Waals surface area contributed by atoms with Crippen LogP contribution in [0.5, 0.6) is 0 Å². The molecule has 13 heavy (non-hydrogen) atoms. The van der Waals surface area contributed by atoms with E-state index < -0.39 is 21.9 Å². The summed E-state index contributed by atoms with van der Waals surface area (Å²) in [6, 6.07) is 0.860. The first kappa shape index (κ1) is 10.5. The molecule has 1 nitrogen and oxygen atoms in total. The number of hydrogen-bond donors (Lipinski definition) is 1. The maximum atomic E-state index is 12.9. The zero-order chi connectivity index (χ0) is 10.0. The maximum Gasteiger partial charge on any atom is 0.176 e. The lowest BCUT2D eigenvalue weighted by molar-refractivity contribution is 0.296. The molecule has 0 bridgehead atoms. The van der Waals surface area contributed by atoms with Crippen LogP contribution in [-0.4, -0.2) is 11.7 Å². The number of aliphatic hydroxyl groups excluding tert-OH is 1. The SMILES string of the molecule is OCCc1cc(F)c(Br)c(F)c1F. The van der Waals surface area contributed by atoms with E-state index in [1.807, 2.05) is 0 Å². The van der Waals surface area contributed by atoms with Gasteiger partial charge in [0.2, 0.25) is 0 Å². The highest BCUT2D eigenvalue weighted by Gasteiger charge is 2.16. The Hall–Kier alpha value is -0.550. The fourth-order valence-corrected chi connectivity index (χ4v) is 1.21. The van der Waals surface area contributed by atoms with Gasteiger partial charge in [0.1, 0.15) is 5.82 Å². The zero-order valence-corrected chi connectivity index (χ0v) is 8.04. The van der Waals surface area contributed by atoms with Crippen LogP contribution >= 0.6 is 15.9 Å². The van der Waals surface area contributed by atoms with E-state index in [1.165, 1.54) is 0 Å². The van der Waals surface area contributed by atoms with Crippen molar-refractivity contribution in [3.8, 4) is 0 Å². The standard InChI is InChI=1S/C8H6BrF3O/c9-6-5(10)3-4(1-2-13)7(11)8(6)12/h3,13H,1-2H2. The molecular weight excluding hydrogens is 249 g/mol. The molecule has 0 radical (unpaired) electrons. The van der Waals surface area contributed by atoms with Crippen LogP contribution in [0, 0.1) is 17.5 Å². The van der Waals surface area contributed by atoms with E-state index in [0.717, 1.165) is 6.07 Å². The predicted octanol–water partition coefficient (Wildman–Crippen LogP) is 2.40. The lowest BCUT2D eigenvalue weighted by atomic mass is 10.1. The van der Waals surface area contributed by atoms with Crippen molar-refractivity contribution >= 4 is 15.9 Å². The Morgan fingerprint density at radius 2 is 1.85 bits per heavy atom. The number of aliphatic hydroxyl groups is 1. The molecule has 0 amide bonds. The lowest BCUT2D eigenvalue weighted by Crippen LogP contribution is -2.00. The fraction of sp³-hybridized carbons (Fsp3) is 0.250. The van der Waals surface area contributed by atoms with Gasteiger partial charge in [-0.25, -0.2) is 13.2 Å². The molecule has 1 aromatic carbocycles. The minimum Gasteiger partial charge on any atom is -0.396 e. The largest absolute Gasteiger partial charge is 0.396 e. The van der Waals surface area contributed by atoms with Gasteiger partial charge in [-0.1, -0.05) is 0 Å². The van der Waals surface area contributed by atoms with Crippen molar-refractivity contribution < 1.29 is 18.3 Å². The minimum atomic E-state index is -1.26. The average Bonchev–Trinajstić information content (AvgIpc) is 2.11. The maximum absolute atomic E-state index is 12.9. The van der Waals surface area contributed by atoms with Crippen molar-refractivity contribution in [1.29, 1.82) is 0 Å². The Morgan fingerprint density at radius 1 is 1.23 bits per heavy atom. The third-order valence-electron chi connectivity index (χ3n) is 1.56. The van der Waals surface area contributed by atoms with E-state index in [0.29, 0.717) is 0 Å². The third kappa shape index (κ3) is 2.03. The molecule has 0 saturated carbocycles. The molecular formula is C8H6BrF3O. The van der Waals surface area contributed by atoms with Crippen LogP contribution in [0.2, 0.25) is 0 Å². The summed E-state index contributed by atoms with van der Waals surface area (Å²) >= 11 is 2.56. The molecule has 1 N–H and O–H groups in total. The summed E-state index contributed by atoms with van der Waals surface area (Å²) in [4.78, 5) is 0. The molecule has 5 heteroatoms. The first-order valence-electron chi connectivity index (χ1n) is 3.50. The van der Waals surface area contributed by atoms with E-state index in [1.54, 1.807) is 0 Å². The third-order valence-corrected chi connectivity index (χ3v) is 2.29. The lowest BCUT2D eigenvalue weighted by Gasteiger charge is -2.04. The van der Waals surface area contributed by atoms with Crippen molar-refractivity contribution in [2.75, 3.05) is 6.61 Å². The summed E-state index contributed by atoms with van der Waals surface area (Å²) in [5.74, 6) is -3.26. The van der Waals surface area contributed by atoms with Crippen molar-refractivity contribution in [3.05, 3.63) is 33.6 Å². The molecule has 0 fully saturated rings. The van der Waals surface area contributed by atoms with Crippen LogP contribution in [-0.2, 0) is 6.42 Å². The smallest absolute Gasteiger partial charge is 0.176 e. The van der Waals surface area contributed by atoms with Crippen molar-refractivity contribution in [2.45, 2.75) is 6.42 Å². The Labute approximate surface area is 81.3 Å². The van der Waals surface area contributed by atoms with E-state index in [4.69, 9.17) is 5.11 Å². The molecule has 1 rings (SSSR count). The van der Waals surface area contributed by atoms with Gasteiger partial charge in [-0.3, -0.25) is 0 Å². The topological polar surface area (TPSA) is 20.2 Å². The van der Waals surface area contributed by atoms with Crippen LogP contribution in [0.15, 0.2) is 10.5 Å². The first-order chi connectivity index (χ1) is 6.07. The molecule has 0 spiro atoms. The summed E-state index contributed by atoms with van der Waals surface area (Å²) in [6.07, 6.45) is -0.104. The number of rotatable bonds is 2. The highest BCUT2D eigenvalue weighted by atomic mass is 79.9. The highest BCUT2D eigenvalue weighted by molar-refractivity contribution is 9.10. The quantitative estimate of drug-likeness (QED) is 0.635. The summed E-state index contributed by atoms with van der Waals surface area (Å²) in [6.45, 7) is -0.350. The van der Waals surface area contributed by atoms with E-state index in [9.17, 15) is 13.2 Å². The van der Waals surface area contributed by atoms with E-state index >= 15 is 0 Å². The Morgan fingerprint density at radius 3 is 2.38 bits per heavy atom. The molecule has 0 heterocycles. The zero-order valence-electron chi connectivity index (χ0n) is 6.45. The van der Waals surface area contributed by atoms with E-state index in [2.05, 4.69) is 15.9 Å². The van der Waals surface area contributed by atoms with Gasteiger partial charge >= 0.3 is 0 Å². The predicted molar refractivity (Wildman–Crippen MR) is 44.8 cm³/mol. The molecule has 72 valence electrons. The normalized spacial score (nSPS) is 10.5. The number of benzene rings is 1. The molecule has 0 aliphatic heterocycles. The van der Waals surface area contributed by atoms with Gasteiger partial charge < -0.3 is 5.11 Å². The number of halogens is 4. The van der Waals surface area contributed by atoms with Gasteiger partial charge in [0.05, 0.1) is 4.47 Å². The average molecular weight is 255 g/mol. The van der Waals surface area contributed by atoms with Crippen LogP contribution in [0.25, 0.3) is 0 Å². The van der Waals surface area contributed by atoms with Crippen LogP contribution in [0.4, 0.5) is 13.2 Å². The fourth-order valence-electron chi connectivity index (χ4n) is 0.924. The number of hydrogen-bond acceptors (Lipinski definition) is 1. The second kappa shape index (κ2) is 4.11. The second-order valence-electron chi connectivity index (χ2n) is 2.43. The summed E-state index contributed by atoms with van der Waals surface area (Å²) in [5.41, 5.74) is -0.166. The van der Waals surface area contributed by atoms with Crippen molar-refractivity contribution in [3.63, 3.8) is 0 Å².